The highest BCUT2D eigenvalue weighted by Gasteiger charge is 2.21. The lowest BCUT2D eigenvalue weighted by molar-refractivity contribution is -0.130. The molecule has 0 spiro atoms. The molecule has 1 fully saturated rings. The number of nitrogens with zero attached hydrogens (tertiary/aromatic N) is 1. The van der Waals surface area contributed by atoms with Crippen molar-refractivity contribution in [3.8, 4) is 0 Å². The molecular formula is C12H24N2O2. The molecule has 0 bridgehead atoms. The molecule has 4 heteroatoms. The lowest BCUT2D eigenvalue weighted by Gasteiger charge is -2.17. The minimum atomic E-state index is 0.191. The summed E-state index contributed by atoms with van der Waals surface area (Å²) in [5, 5.41) is 3.15. The van der Waals surface area contributed by atoms with Crippen molar-refractivity contribution in [1.29, 1.82) is 0 Å². The van der Waals surface area contributed by atoms with Gasteiger partial charge in [0.2, 0.25) is 5.91 Å². The molecule has 0 saturated heterocycles. The van der Waals surface area contributed by atoms with Crippen LogP contribution in [0.2, 0.25) is 0 Å². The Labute approximate surface area is 98.3 Å². The van der Waals surface area contributed by atoms with Crippen LogP contribution < -0.4 is 5.32 Å². The minimum absolute atomic E-state index is 0.191. The lowest BCUT2D eigenvalue weighted by Crippen LogP contribution is -2.32. The summed E-state index contributed by atoms with van der Waals surface area (Å²) in [5.41, 5.74) is 0. The quantitative estimate of drug-likeness (QED) is 0.595. The molecule has 1 aliphatic rings. The van der Waals surface area contributed by atoms with E-state index in [9.17, 15) is 4.79 Å². The number of likely N-dealkylation sites (N-methyl/N-ethyl adjacent to an activating group) is 1. The van der Waals surface area contributed by atoms with Crippen molar-refractivity contribution >= 4 is 5.91 Å². The van der Waals surface area contributed by atoms with Gasteiger partial charge in [-0.3, -0.25) is 4.79 Å². The van der Waals surface area contributed by atoms with Gasteiger partial charge in [-0.25, -0.2) is 0 Å². The van der Waals surface area contributed by atoms with Gasteiger partial charge in [-0.05, 0) is 25.3 Å². The third kappa shape index (κ3) is 6.08. The Bertz CT molecular complexity index is 205. The van der Waals surface area contributed by atoms with E-state index in [1.807, 2.05) is 14.0 Å². The summed E-state index contributed by atoms with van der Waals surface area (Å²) >= 11 is 0. The smallest absolute Gasteiger partial charge is 0.223 e. The van der Waals surface area contributed by atoms with Crippen LogP contribution in [0.15, 0.2) is 0 Å². The average molecular weight is 228 g/mol. The molecule has 16 heavy (non-hydrogen) atoms. The second-order valence-corrected chi connectivity index (χ2v) is 4.44. The Morgan fingerprint density at radius 2 is 2.25 bits per heavy atom. The molecule has 1 aliphatic carbocycles. The molecule has 0 unspecified atom stereocenters. The van der Waals surface area contributed by atoms with Gasteiger partial charge in [0.25, 0.3) is 0 Å². The predicted octanol–water partition coefficient (Wildman–Crippen LogP) is 0.871. The van der Waals surface area contributed by atoms with Crippen LogP contribution in [0.25, 0.3) is 0 Å². The van der Waals surface area contributed by atoms with E-state index in [2.05, 4.69) is 5.32 Å². The van der Waals surface area contributed by atoms with Gasteiger partial charge in [-0.15, -0.1) is 0 Å². The number of nitrogens with one attached hydrogen (secondary N) is 1. The molecule has 1 amide bonds. The summed E-state index contributed by atoms with van der Waals surface area (Å²) in [6.07, 6.45) is 3.21. The van der Waals surface area contributed by atoms with Gasteiger partial charge >= 0.3 is 0 Å². The van der Waals surface area contributed by atoms with Crippen LogP contribution in [0.3, 0.4) is 0 Å². The maximum atomic E-state index is 11.6. The molecule has 94 valence electrons. The van der Waals surface area contributed by atoms with Crippen LogP contribution in [0.1, 0.15) is 26.2 Å². The van der Waals surface area contributed by atoms with Gasteiger partial charge in [0.1, 0.15) is 0 Å². The first-order valence-electron chi connectivity index (χ1n) is 6.26. The second-order valence-electron chi connectivity index (χ2n) is 4.44. The molecule has 4 nitrogen and oxygen atoms in total. The van der Waals surface area contributed by atoms with Gasteiger partial charge in [0, 0.05) is 33.2 Å². The Balaban J connectivity index is 1.94. The van der Waals surface area contributed by atoms with Crippen LogP contribution >= 0.6 is 0 Å². The van der Waals surface area contributed by atoms with Crippen LogP contribution in [-0.4, -0.2) is 50.7 Å². The maximum Gasteiger partial charge on any atom is 0.223 e. The van der Waals surface area contributed by atoms with Crippen molar-refractivity contribution in [1.82, 2.24) is 10.2 Å². The van der Waals surface area contributed by atoms with E-state index < -0.39 is 0 Å². The van der Waals surface area contributed by atoms with E-state index in [4.69, 9.17) is 4.74 Å². The highest BCUT2D eigenvalue weighted by atomic mass is 16.5. The number of amides is 1. The largest absolute Gasteiger partial charge is 0.379 e. The lowest BCUT2D eigenvalue weighted by atomic mass is 10.3. The van der Waals surface area contributed by atoms with Crippen molar-refractivity contribution in [3.63, 3.8) is 0 Å². The third-order valence-corrected chi connectivity index (χ3v) is 2.81. The monoisotopic (exact) mass is 228 g/mol. The first kappa shape index (κ1) is 13.5. The molecule has 0 aromatic carbocycles. The van der Waals surface area contributed by atoms with Gasteiger partial charge in [-0.1, -0.05) is 6.92 Å². The Hall–Kier alpha value is -0.610. The van der Waals surface area contributed by atoms with Gasteiger partial charge < -0.3 is 15.0 Å². The average Bonchev–Trinajstić information content (AvgIpc) is 3.08. The summed E-state index contributed by atoms with van der Waals surface area (Å²) in [6, 6.07) is 0. The molecule has 0 atom stereocenters. The van der Waals surface area contributed by atoms with Crippen molar-refractivity contribution in [2.24, 2.45) is 5.92 Å². The van der Waals surface area contributed by atoms with Crippen molar-refractivity contribution in [3.05, 3.63) is 0 Å². The standard InChI is InChI=1S/C12H24N2O2/c1-3-13-7-6-12(15)14(2)8-9-16-10-11-4-5-11/h11,13H,3-10H2,1-2H3. The second kappa shape index (κ2) is 7.63. The zero-order valence-electron chi connectivity index (χ0n) is 10.5. The molecular weight excluding hydrogens is 204 g/mol. The maximum absolute atomic E-state index is 11.6. The van der Waals surface area contributed by atoms with Crippen molar-refractivity contribution in [2.75, 3.05) is 39.9 Å². The van der Waals surface area contributed by atoms with Crippen molar-refractivity contribution in [2.45, 2.75) is 26.2 Å². The SMILES string of the molecule is CCNCCC(=O)N(C)CCOCC1CC1. The Kier molecular flexibility index (Phi) is 6.42. The van der Waals surface area contributed by atoms with E-state index in [-0.39, 0.29) is 5.91 Å². The van der Waals surface area contributed by atoms with Gasteiger partial charge in [-0.2, -0.15) is 0 Å². The summed E-state index contributed by atoms with van der Waals surface area (Å²) in [6.45, 7) is 5.97. The zero-order chi connectivity index (χ0) is 11.8. The summed E-state index contributed by atoms with van der Waals surface area (Å²) in [4.78, 5) is 13.3. The number of hydrogen-bond donors (Lipinski definition) is 1. The van der Waals surface area contributed by atoms with Crippen LogP contribution in [0.4, 0.5) is 0 Å². The number of carbonyl (C=O) groups excluding carboxylic acids is 1. The number of hydrogen-bond acceptors (Lipinski definition) is 3. The fraction of sp³-hybridized carbons (Fsp3) is 0.917. The highest BCUT2D eigenvalue weighted by molar-refractivity contribution is 5.76. The fourth-order valence-electron chi connectivity index (χ4n) is 1.42. The molecule has 1 N–H and O–H groups in total. The van der Waals surface area contributed by atoms with Gasteiger partial charge in [0.05, 0.1) is 6.61 Å². The molecule has 1 rings (SSSR count). The van der Waals surface area contributed by atoms with E-state index in [1.165, 1.54) is 12.8 Å². The number of ether oxygens (including phenoxy) is 1. The first-order chi connectivity index (χ1) is 7.74. The van der Waals surface area contributed by atoms with Crippen LogP contribution in [-0.2, 0) is 9.53 Å². The van der Waals surface area contributed by atoms with Gasteiger partial charge in [0.15, 0.2) is 0 Å². The molecule has 0 radical (unpaired) electrons. The highest BCUT2D eigenvalue weighted by Crippen LogP contribution is 2.28. The van der Waals surface area contributed by atoms with Crippen molar-refractivity contribution < 1.29 is 9.53 Å². The van der Waals surface area contributed by atoms with E-state index >= 15 is 0 Å². The minimum Gasteiger partial charge on any atom is -0.379 e. The first-order valence-corrected chi connectivity index (χ1v) is 6.26. The topological polar surface area (TPSA) is 41.6 Å². The molecule has 0 aromatic heterocycles. The normalized spacial score (nSPS) is 15.1. The molecule has 0 aliphatic heterocycles. The fourth-order valence-corrected chi connectivity index (χ4v) is 1.42. The van der Waals surface area contributed by atoms with E-state index in [1.54, 1.807) is 4.90 Å². The number of carbonyl (C=O) groups is 1. The summed E-state index contributed by atoms with van der Waals surface area (Å²) in [7, 11) is 1.84. The third-order valence-electron chi connectivity index (χ3n) is 2.81. The van der Waals surface area contributed by atoms with E-state index in [0.717, 1.165) is 25.6 Å². The molecule has 0 aromatic rings. The zero-order valence-corrected chi connectivity index (χ0v) is 10.5. The Morgan fingerprint density at radius 1 is 1.50 bits per heavy atom. The summed E-state index contributed by atoms with van der Waals surface area (Å²) in [5.74, 6) is 0.991. The molecule has 0 heterocycles. The van der Waals surface area contributed by atoms with E-state index in [0.29, 0.717) is 19.6 Å². The van der Waals surface area contributed by atoms with Crippen LogP contribution in [0, 0.1) is 5.92 Å². The number of rotatable bonds is 9. The Morgan fingerprint density at radius 3 is 2.88 bits per heavy atom. The van der Waals surface area contributed by atoms with Crippen LogP contribution in [0.5, 0.6) is 0 Å². The summed E-state index contributed by atoms with van der Waals surface area (Å²) < 4.78 is 5.49. The predicted molar refractivity (Wildman–Crippen MR) is 64.3 cm³/mol. The molecule has 1 saturated carbocycles.